The van der Waals surface area contributed by atoms with E-state index in [2.05, 4.69) is 61.4 Å². The molecular weight excluding hydrogens is 467 g/mol. The van der Waals surface area contributed by atoms with Crippen LogP contribution in [0.3, 0.4) is 0 Å². The smallest absolute Gasteiger partial charge is 0.193 e. The highest BCUT2D eigenvalue weighted by molar-refractivity contribution is 14.0. The molecule has 0 aliphatic heterocycles. The molecule has 8 heteroatoms. The van der Waals surface area contributed by atoms with E-state index in [4.69, 9.17) is 9.52 Å². The number of halogens is 1. The minimum atomic E-state index is 0. The SMILES string of the molecule is CCNC(=NCC(C)c1c(C)noc1C)N(C)Cc1cn(C)nc1C(C)C.I. The van der Waals surface area contributed by atoms with E-state index >= 15 is 0 Å². The van der Waals surface area contributed by atoms with Gasteiger partial charge in [-0.2, -0.15) is 5.10 Å². The monoisotopic (exact) mass is 502 g/mol. The van der Waals surface area contributed by atoms with E-state index in [1.165, 1.54) is 5.56 Å². The zero-order valence-electron chi connectivity index (χ0n) is 18.4. The molecule has 2 heterocycles. The van der Waals surface area contributed by atoms with Crippen molar-refractivity contribution in [3.05, 3.63) is 34.5 Å². The van der Waals surface area contributed by atoms with Crippen molar-refractivity contribution in [3.8, 4) is 0 Å². The zero-order chi connectivity index (χ0) is 20.1. The molecule has 0 fully saturated rings. The molecule has 0 bridgehead atoms. The van der Waals surface area contributed by atoms with Crippen LogP contribution in [0.2, 0.25) is 0 Å². The number of aliphatic imine (C=N–C) groups is 1. The fourth-order valence-electron chi connectivity index (χ4n) is 3.47. The number of guanidine groups is 1. The Labute approximate surface area is 186 Å². The van der Waals surface area contributed by atoms with Crippen LogP contribution >= 0.6 is 24.0 Å². The first-order chi connectivity index (χ1) is 12.7. The Morgan fingerprint density at radius 1 is 1.32 bits per heavy atom. The van der Waals surface area contributed by atoms with E-state index in [0.717, 1.165) is 41.8 Å². The second-order valence-corrected chi connectivity index (χ2v) is 7.56. The molecule has 0 aromatic carbocycles. The number of aryl methyl sites for hydroxylation is 3. The third-order valence-electron chi connectivity index (χ3n) is 4.68. The molecule has 2 rings (SSSR count). The highest BCUT2D eigenvalue weighted by atomic mass is 127. The predicted molar refractivity (Wildman–Crippen MR) is 125 cm³/mol. The van der Waals surface area contributed by atoms with Gasteiger partial charge in [-0.05, 0) is 26.7 Å². The minimum Gasteiger partial charge on any atom is -0.361 e. The lowest BCUT2D eigenvalue weighted by atomic mass is 10.00. The molecule has 0 aliphatic rings. The van der Waals surface area contributed by atoms with Crippen LogP contribution in [-0.2, 0) is 13.6 Å². The van der Waals surface area contributed by atoms with E-state index in [1.807, 2.05) is 25.6 Å². The molecule has 2 aromatic rings. The van der Waals surface area contributed by atoms with Crippen molar-refractivity contribution in [3.63, 3.8) is 0 Å². The molecule has 28 heavy (non-hydrogen) atoms. The van der Waals surface area contributed by atoms with Crippen molar-refractivity contribution < 1.29 is 4.52 Å². The summed E-state index contributed by atoms with van der Waals surface area (Å²) in [6, 6.07) is 0. The number of nitrogens with one attached hydrogen (secondary N) is 1. The molecular formula is C20H35IN6O. The summed E-state index contributed by atoms with van der Waals surface area (Å²) in [5, 5.41) is 12.1. The fraction of sp³-hybridized carbons (Fsp3) is 0.650. The molecule has 7 nitrogen and oxygen atoms in total. The van der Waals surface area contributed by atoms with Gasteiger partial charge in [0.05, 0.1) is 11.4 Å². The van der Waals surface area contributed by atoms with Crippen LogP contribution in [0.15, 0.2) is 15.7 Å². The van der Waals surface area contributed by atoms with Crippen LogP contribution in [0.25, 0.3) is 0 Å². The summed E-state index contributed by atoms with van der Waals surface area (Å²) in [6.45, 7) is 14.8. The number of hydrogen-bond donors (Lipinski definition) is 1. The van der Waals surface area contributed by atoms with Gasteiger partial charge in [-0.15, -0.1) is 24.0 Å². The van der Waals surface area contributed by atoms with Crippen LogP contribution in [0.5, 0.6) is 0 Å². The topological polar surface area (TPSA) is 71.5 Å². The van der Waals surface area contributed by atoms with Crippen molar-refractivity contribution in [2.75, 3.05) is 20.1 Å². The Hall–Kier alpha value is -1.58. The van der Waals surface area contributed by atoms with Crippen LogP contribution in [0.4, 0.5) is 0 Å². The standard InChI is InChI=1S/C20H34N6O.HI/c1-9-21-20(22-10-14(4)18-15(5)24-27-16(18)6)25(7)11-17-12-26(8)23-19(17)13(2)3;/h12-14H,9-11H2,1-8H3,(H,21,22);1H. The van der Waals surface area contributed by atoms with Gasteiger partial charge in [-0.1, -0.05) is 25.9 Å². The Bertz CT molecular complexity index is 760. The first-order valence-corrected chi connectivity index (χ1v) is 9.69. The summed E-state index contributed by atoms with van der Waals surface area (Å²) in [5.41, 5.74) is 4.49. The van der Waals surface area contributed by atoms with Crippen molar-refractivity contribution in [2.45, 2.75) is 59.9 Å². The summed E-state index contributed by atoms with van der Waals surface area (Å²) in [6.07, 6.45) is 2.10. The lowest BCUT2D eigenvalue weighted by Crippen LogP contribution is -2.38. The largest absolute Gasteiger partial charge is 0.361 e. The van der Waals surface area contributed by atoms with E-state index in [-0.39, 0.29) is 29.9 Å². The number of hydrogen-bond acceptors (Lipinski definition) is 4. The van der Waals surface area contributed by atoms with E-state index < -0.39 is 0 Å². The molecule has 158 valence electrons. The summed E-state index contributed by atoms with van der Waals surface area (Å²) in [5.74, 6) is 2.43. The van der Waals surface area contributed by atoms with Gasteiger partial charge in [0.15, 0.2) is 5.96 Å². The minimum absolute atomic E-state index is 0. The van der Waals surface area contributed by atoms with Crippen LogP contribution in [0.1, 0.15) is 67.8 Å². The maximum Gasteiger partial charge on any atom is 0.193 e. The van der Waals surface area contributed by atoms with Gasteiger partial charge in [0.25, 0.3) is 0 Å². The summed E-state index contributed by atoms with van der Waals surface area (Å²) in [7, 11) is 4.04. The lowest BCUT2D eigenvalue weighted by molar-refractivity contribution is 0.391. The van der Waals surface area contributed by atoms with Crippen LogP contribution in [0, 0.1) is 13.8 Å². The van der Waals surface area contributed by atoms with Gasteiger partial charge in [0.2, 0.25) is 0 Å². The van der Waals surface area contributed by atoms with Crippen molar-refractivity contribution >= 4 is 29.9 Å². The Kier molecular flexibility index (Phi) is 9.46. The Balaban J connectivity index is 0.00000392. The van der Waals surface area contributed by atoms with Crippen LogP contribution in [-0.4, -0.2) is 45.9 Å². The molecule has 0 saturated carbocycles. The Morgan fingerprint density at radius 3 is 2.54 bits per heavy atom. The molecule has 1 unspecified atom stereocenters. The normalized spacial score (nSPS) is 12.8. The second-order valence-electron chi connectivity index (χ2n) is 7.56. The summed E-state index contributed by atoms with van der Waals surface area (Å²) in [4.78, 5) is 7.02. The van der Waals surface area contributed by atoms with Crippen molar-refractivity contribution in [2.24, 2.45) is 12.0 Å². The molecule has 1 atom stereocenters. The number of rotatable bonds is 7. The van der Waals surface area contributed by atoms with Gasteiger partial charge in [-0.3, -0.25) is 9.67 Å². The highest BCUT2D eigenvalue weighted by Gasteiger charge is 2.18. The Morgan fingerprint density at radius 2 is 2.00 bits per heavy atom. The molecule has 1 N–H and O–H groups in total. The average molecular weight is 502 g/mol. The maximum absolute atomic E-state index is 5.30. The van der Waals surface area contributed by atoms with Gasteiger partial charge < -0.3 is 14.7 Å². The molecule has 0 amide bonds. The second kappa shape index (κ2) is 10.8. The molecule has 0 radical (unpaired) electrons. The summed E-state index contributed by atoms with van der Waals surface area (Å²) >= 11 is 0. The third kappa shape index (κ3) is 5.96. The van der Waals surface area contributed by atoms with E-state index in [1.54, 1.807) is 0 Å². The average Bonchev–Trinajstić information content (AvgIpc) is 3.13. The molecule has 2 aromatic heterocycles. The first kappa shape index (κ1) is 24.5. The summed E-state index contributed by atoms with van der Waals surface area (Å²) < 4.78 is 7.19. The zero-order valence-corrected chi connectivity index (χ0v) is 20.7. The predicted octanol–water partition coefficient (Wildman–Crippen LogP) is 3.97. The number of aromatic nitrogens is 3. The highest BCUT2D eigenvalue weighted by Crippen LogP contribution is 2.23. The molecule has 0 spiro atoms. The van der Waals surface area contributed by atoms with E-state index in [0.29, 0.717) is 12.5 Å². The fourth-order valence-corrected chi connectivity index (χ4v) is 3.47. The van der Waals surface area contributed by atoms with Gasteiger partial charge in [0.1, 0.15) is 5.76 Å². The molecule has 0 aliphatic carbocycles. The van der Waals surface area contributed by atoms with Gasteiger partial charge in [0, 0.05) is 57.0 Å². The van der Waals surface area contributed by atoms with Crippen LogP contribution < -0.4 is 5.32 Å². The molecule has 0 saturated heterocycles. The number of nitrogens with zero attached hydrogens (tertiary/aromatic N) is 5. The van der Waals surface area contributed by atoms with Crippen molar-refractivity contribution in [1.29, 1.82) is 0 Å². The van der Waals surface area contributed by atoms with E-state index in [9.17, 15) is 0 Å². The lowest BCUT2D eigenvalue weighted by Gasteiger charge is -2.23. The maximum atomic E-state index is 5.30. The first-order valence-electron chi connectivity index (χ1n) is 9.69. The third-order valence-corrected chi connectivity index (χ3v) is 4.68. The van der Waals surface area contributed by atoms with Crippen molar-refractivity contribution in [1.82, 2.24) is 25.2 Å². The van der Waals surface area contributed by atoms with Gasteiger partial charge >= 0.3 is 0 Å². The van der Waals surface area contributed by atoms with Gasteiger partial charge in [-0.25, -0.2) is 0 Å². The quantitative estimate of drug-likeness (QED) is 0.353.